The molecule has 3 amide bonds. The zero-order chi connectivity index (χ0) is 30.2. The van der Waals surface area contributed by atoms with Crippen LogP contribution in [0.1, 0.15) is 19.3 Å². The van der Waals surface area contributed by atoms with E-state index in [1.54, 1.807) is 46.5 Å². The van der Waals surface area contributed by atoms with E-state index in [4.69, 9.17) is 29.0 Å². The third kappa shape index (κ3) is 9.02. The highest BCUT2D eigenvalue weighted by atomic mass is 16.5. The van der Waals surface area contributed by atoms with Crippen LogP contribution in [0.3, 0.4) is 0 Å². The highest BCUT2D eigenvalue weighted by Gasteiger charge is 2.30. The Hall–Kier alpha value is -5.01. The number of hydrogen-bond acceptors (Lipinski definition) is 10. The number of hydrogen-bond donors (Lipinski definition) is 7. The van der Waals surface area contributed by atoms with Crippen LogP contribution < -0.4 is 26.4 Å². The minimum atomic E-state index is -3.09. The van der Waals surface area contributed by atoms with Gasteiger partial charge in [-0.3, -0.25) is 24.5 Å². The Kier molecular flexibility index (Phi) is 9.96. The van der Waals surface area contributed by atoms with Gasteiger partial charge in [0.1, 0.15) is 18.0 Å². The van der Waals surface area contributed by atoms with Crippen LogP contribution in [0.25, 0.3) is 11.3 Å². The lowest BCUT2D eigenvalue weighted by Crippen LogP contribution is -2.51. The molecule has 0 unspecified atom stereocenters. The van der Waals surface area contributed by atoms with Gasteiger partial charge in [0, 0.05) is 30.3 Å². The van der Waals surface area contributed by atoms with Gasteiger partial charge in [-0.1, -0.05) is 6.07 Å². The van der Waals surface area contributed by atoms with Gasteiger partial charge in [-0.15, -0.1) is 0 Å². The summed E-state index contributed by atoms with van der Waals surface area (Å²) in [4.78, 5) is 39.8. The standard InChI is InChI=1S/C25H28BN9O6/c1-41-22-15(16-8-11-35(34-16)12-10-30-20(36)7-9-27)3-2-4-17(22)31-18(21(29)24(38)33-25(26,39)40)13-19(28)32-23(37)14-5-6-14/h2-4,8,11,13-14,29,31,39-40H,5-7,10,12H2,1H3,(H,30,36)(H,33,38)(H2,28,32,37)/b18-13+,29-21?. The number of para-hydroxylation sites is 1. The van der Waals surface area contributed by atoms with E-state index in [0.717, 1.165) is 6.08 Å². The van der Waals surface area contributed by atoms with Crippen molar-refractivity contribution in [2.24, 2.45) is 16.6 Å². The number of methoxy groups -OCH3 is 1. The SMILES string of the molecule is [B]C(O)(O)NC(=O)C(=N)/C(=C\C(N)=NC(=O)C1CC1)Nc1cccc(-c2ccn(CCNC(=O)CC#N)n2)c1OC. The summed E-state index contributed by atoms with van der Waals surface area (Å²) in [6.07, 6.45) is 3.93. The van der Waals surface area contributed by atoms with E-state index < -0.39 is 23.3 Å². The van der Waals surface area contributed by atoms with Gasteiger partial charge in [0.15, 0.2) is 19.4 Å². The summed E-state index contributed by atoms with van der Waals surface area (Å²) in [6, 6.07) is 8.44. The Balaban J connectivity index is 1.89. The number of aliphatic hydroxyl groups is 2. The first-order chi connectivity index (χ1) is 19.4. The molecule has 1 saturated carbocycles. The van der Waals surface area contributed by atoms with E-state index in [1.165, 1.54) is 7.11 Å². The monoisotopic (exact) mass is 561 g/mol. The van der Waals surface area contributed by atoms with Crippen molar-refractivity contribution in [1.29, 1.82) is 10.7 Å². The number of amides is 3. The number of nitrogens with zero attached hydrogens (tertiary/aromatic N) is 4. The number of nitriles is 1. The van der Waals surface area contributed by atoms with Crippen LogP contribution in [0.4, 0.5) is 5.69 Å². The van der Waals surface area contributed by atoms with Gasteiger partial charge >= 0.3 is 0 Å². The van der Waals surface area contributed by atoms with Crippen molar-refractivity contribution >= 4 is 42.8 Å². The summed E-state index contributed by atoms with van der Waals surface area (Å²) >= 11 is 0. The van der Waals surface area contributed by atoms with Crippen LogP contribution >= 0.6 is 0 Å². The van der Waals surface area contributed by atoms with Gasteiger partial charge < -0.3 is 36.6 Å². The zero-order valence-electron chi connectivity index (χ0n) is 22.0. The van der Waals surface area contributed by atoms with Crippen molar-refractivity contribution in [3.63, 3.8) is 0 Å². The van der Waals surface area contributed by atoms with Crippen LogP contribution in [0.15, 0.2) is 47.2 Å². The first kappa shape index (κ1) is 30.5. The molecule has 212 valence electrons. The zero-order valence-corrected chi connectivity index (χ0v) is 22.0. The Morgan fingerprint density at radius 3 is 2.73 bits per heavy atom. The number of nitrogens with two attached hydrogens (primary N) is 1. The van der Waals surface area contributed by atoms with Gasteiger partial charge in [-0.05, 0) is 31.0 Å². The van der Waals surface area contributed by atoms with Crippen LogP contribution in [0, 0.1) is 22.7 Å². The quantitative estimate of drug-likeness (QED) is 0.0686. The number of carbonyl (C=O) groups is 3. The van der Waals surface area contributed by atoms with Crippen LogP contribution in [-0.2, 0) is 20.9 Å². The molecule has 1 heterocycles. The van der Waals surface area contributed by atoms with Crippen LogP contribution in [0.5, 0.6) is 5.75 Å². The fourth-order valence-corrected chi connectivity index (χ4v) is 3.53. The maximum atomic E-state index is 12.5. The first-order valence-corrected chi connectivity index (χ1v) is 12.3. The Labute approximate surface area is 236 Å². The van der Waals surface area contributed by atoms with Crippen molar-refractivity contribution < 1.29 is 29.3 Å². The number of amidine groups is 1. The number of anilines is 1. The number of carbonyl (C=O) groups excluding carboxylic acids is 3. The summed E-state index contributed by atoms with van der Waals surface area (Å²) in [7, 11) is 6.41. The minimum Gasteiger partial charge on any atom is -0.494 e. The summed E-state index contributed by atoms with van der Waals surface area (Å²) in [6.45, 7) is 0.601. The molecule has 8 N–H and O–H groups in total. The molecule has 1 aromatic carbocycles. The Bertz CT molecular complexity index is 1430. The maximum Gasteiger partial charge on any atom is 0.274 e. The second-order valence-electron chi connectivity index (χ2n) is 8.92. The number of benzene rings is 1. The van der Waals surface area contributed by atoms with E-state index in [9.17, 15) is 24.6 Å². The molecule has 0 spiro atoms. The average Bonchev–Trinajstić information content (AvgIpc) is 3.65. The molecule has 1 aliphatic rings. The van der Waals surface area contributed by atoms with Gasteiger partial charge in [-0.25, -0.2) is 0 Å². The molecule has 1 aliphatic carbocycles. The number of aromatic nitrogens is 2. The molecule has 1 aromatic heterocycles. The van der Waals surface area contributed by atoms with Crippen molar-refractivity contribution in [3.05, 3.63) is 42.2 Å². The molecule has 0 saturated heterocycles. The third-order valence-electron chi connectivity index (χ3n) is 5.56. The molecule has 41 heavy (non-hydrogen) atoms. The molecule has 3 rings (SSSR count). The molecule has 0 bridgehead atoms. The normalized spacial score (nSPS) is 13.6. The predicted molar refractivity (Wildman–Crippen MR) is 147 cm³/mol. The lowest BCUT2D eigenvalue weighted by molar-refractivity contribution is -0.140. The van der Waals surface area contributed by atoms with Gasteiger partial charge in [0.25, 0.3) is 11.8 Å². The number of aliphatic imine (C=N–C) groups is 1. The molecular weight excluding hydrogens is 533 g/mol. The lowest BCUT2D eigenvalue weighted by atomic mass is 10.0. The van der Waals surface area contributed by atoms with E-state index in [1.807, 2.05) is 0 Å². The largest absolute Gasteiger partial charge is 0.494 e. The van der Waals surface area contributed by atoms with Crippen molar-refractivity contribution in [3.8, 4) is 23.1 Å². The minimum absolute atomic E-state index is 0.215. The fourth-order valence-electron chi connectivity index (χ4n) is 3.53. The number of rotatable bonds is 13. The lowest BCUT2D eigenvalue weighted by Gasteiger charge is -2.20. The van der Waals surface area contributed by atoms with Crippen molar-refractivity contribution in [1.82, 2.24) is 20.4 Å². The topological polar surface area (TPSA) is 241 Å². The number of ether oxygens (including phenoxy) is 1. The second-order valence-corrected chi connectivity index (χ2v) is 8.92. The Morgan fingerprint density at radius 1 is 1.37 bits per heavy atom. The predicted octanol–water partition coefficient (Wildman–Crippen LogP) is -0.921. The summed E-state index contributed by atoms with van der Waals surface area (Å²) < 4.78 is 7.18. The van der Waals surface area contributed by atoms with E-state index in [0.29, 0.717) is 30.6 Å². The fraction of sp³-hybridized carbons (Fsp3) is 0.320. The summed E-state index contributed by atoms with van der Waals surface area (Å²) in [5, 5.41) is 47.1. The first-order valence-electron chi connectivity index (χ1n) is 12.3. The van der Waals surface area contributed by atoms with Crippen LogP contribution in [-0.4, -0.2) is 76.6 Å². The summed E-state index contributed by atoms with van der Waals surface area (Å²) in [5.74, 6) is -5.42. The highest BCUT2D eigenvalue weighted by molar-refractivity contribution is 6.45. The van der Waals surface area contributed by atoms with Gasteiger partial charge in [-0.2, -0.15) is 15.4 Å². The van der Waals surface area contributed by atoms with Crippen LogP contribution in [0.2, 0.25) is 0 Å². The molecule has 0 atom stereocenters. The molecule has 1 fully saturated rings. The second kappa shape index (κ2) is 13.4. The maximum absolute atomic E-state index is 12.5. The molecular formula is C25H28BN9O6. The van der Waals surface area contributed by atoms with Crippen molar-refractivity contribution in [2.75, 3.05) is 19.0 Å². The molecule has 2 aromatic rings. The van der Waals surface area contributed by atoms with E-state index in [-0.39, 0.29) is 47.8 Å². The van der Waals surface area contributed by atoms with E-state index >= 15 is 0 Å². The molecule has 15 nitrogen and oxygen atoms in total. The molecule has 16 heteroatoms. The number of nitrogens with one attached hydrogen (secondary N) is 4. The summed E-state index contributed by atoms with van der Waals surface area (Å²) in [5.41, 5.74) is 6.12. The molecule has 0 aliphatic heterocycles. The smallest absolute Gasteiger partial charge is 0.274 e. The average molecular weight is 561 g/mol. The van der Waals surface area contributed by atoms with E-state index in [2.05, 4.69) is 20.7 Å². The van der Waals surface area contributed by atoms with Crippen molar-refractivity contribution in [2.45, 2.75) is 31.6 Å². The third-order valence-corrected chi connectivity index (χ3v) is 5.56. The molecule has 2 radical (unpaired) electrons. The van der Waals surface area contributed by atoms with Gasteiger partial charge in [0.2, 0.25) is 5.91 Å². The highest BCUT2D eigenvalue weighted by Crippen LogP contribution is 2.36. The Morgan fingerprint density at radius 2 is 2.10 bits per heavy atom. The van der Waals surface area contributed by atoms with Gasteiger partial charge in [0.05, 0.1) is 36.8 Å².